The summed E-state index contributed by atoms with van der Waals surface area (Å²) < 4.78 is 0. The lowest BCUT2D eigenvalue weighted by molar-refractivity contribution is 0.115. The molecule has 2 rings (SSSR count). The van der Waals surface area contributed by atoms with Crippen molar-refractivity contribution in [2.75, 3.05) is 13.2 Å². The Morgan fingerprint density at radius 1 is 0.792 bits per heavy atom. The van der Waals surface area contributed by atoms with Gasteiger partial charge in [-0.2, -0.15) is 0 Å². The van der Waals surface area contributed by atoms with Crippen molar-refractivity contribution in [2.24, 2.45) is 5.73 Å². The van der Waals surface area contributed by atoms with Gasteiger partial charge in [-0.3, -0.25) is 0 Å². The van der Waals surface area contributed by atoms with Crippen molar-refractivity contribution in [3.63, 3.8) is 0 Å². The van der Waals surface area contributed by atoms with Crippen molar-refractivity contribution in [3.05, 3.63) is 71.3 Å². The van der Waals surface area contributed by atoms with Crippen molar-refractivity contribution in [1.82, 2.24) is 0 Å². The normalized spacial score (nSPS) is 10.3. The quantitative estimate of drug-likeness (QED) is 0.735. The van der Waals surface area contributed by atoms with Crippen LogP contribution in [-0.2, 0) is 6.42 Å². The first-order valence-corrected chi connectivity index (χ1v) is 7.82. The molecule has 3 nitrogen and oxygen atoms in total. The molecule has 0 aliphatic heterocycles. The van der Waals surface area contributed by atoms with Crippen LogP contribution < -0.4 is 5.73 Å². The van der Waals surface area contributed by atoms with Crippen molar-refractivity contribution in [1.29, 1.82) is 0 Å². The van der Waals surface area contributed by atoms with E-state index in [1.54, 1.807) is 0 Å². The molecule has 0 amide bonds. The van der Waals surface area contributed by atoms with E-state index in [1.807, 2.05) is 54.6 Å². The molecule has 0 saturated heterocycles. The molecule has 122 valence electrons. The highest BCUT2D eigenvalue weighted by atomic mass is 16.3. The van der Waals surface area contributed by atoms with E-state index in [4.69, 9.17) is 5.73 Å². The van der Waals surface area contributed by atoms with Gasteiger partial charge in [0.1, 0.15) is 0 Å². The third kappa shape index (κ3) is 5.57. The maximum absolute atomic E-state index is 9.19. The molecular weight excluding hydrogens is 298 g/mol. The summed E-state index contributed by atoms with van der Waals surface area (Å²) in [6, 6.07) is 17.5. The molecule has 0 atom stereocenters. The Labute approximate surface area is 143 Å². The summed E-state index contributed by atoms with van der Waals surface area (Å²) in [6.07, 6.45) is 1.21. The third-order valence-corrected chi connectivity index (χ3v) is 3.75. The molecule has 0 radical (unpaired) electrons. The van der Waals surface area contributed by atoms with Gasteiger partial charge in [0.05, 0.1) is 18.8 Å². The highest BCUT2D eigenvalue weighted by molar-refractivity contribution is 5.44. The van der Waals surface area contributed by atoms with E-state index in [-0.39, 0.29) is 13.2 Å². The van der Waals surface area contributed by atoms with Gasteiger partial charge in [0.2, 0.25) is 0 Å². The lowest BCUT2D eigenvalue weighted by Gasteiger charge is -2.24. The summed E-state index contributed by atoms with van der Waals surface area (Å²) in [7, 11) is 0. The van der Waals surface area contributed by atoms with Crippen molar-refractivity contribution >= 4 is 0 Å². The predicted octanol–water partition coefficient (Wildman–Crippen LogP) is 1.70. The predicted molar refractivity (Wildman–Crippen MR) is 96.1 cm³/mol. The third-order valence-electron chi connectivity index (χ3n) is 3.75. The highest BCUT2D eigenvalue weighted by Crippen LogP contribution is 2.12. The van der Waals surface area contributed by atoms with Gasteiger partial charge in [-0.15, -0.1) is 0 Å². The van der Waals surface area contributed by atoms with Gasteiger partial charge in [0, 0.05) is 11.1 Å². The van der Waals surface area contributed by atoms with Gasteiger partial charge in [-0.05, 0) is 54.5 Å². The molecule has 3 heteroatoms. The van der Waals surface area contributed by atoms with Crippen molar-refractivity contribution in [3.8, 4) is 23.7 Å². The number of hydrogen-bond donors (Lipinski definition) is 3. The molecule has 2 aromatic rings. The summed E-state index contributed by atoms with van der Waals surface area (Å²) >= 11 is 0. The van der Waals surface area contributed by atoms with Gasteiger partial charge in [0.15, 0.2) is 0 Å². The van der Waals surface area contributed by atoms with E-state index in [9.17, 15) is 10.2 Å². The Bertz CT molecular complexity index is 755. The summed E-state index contributed by atoms with van der Waals surface area (Å²) in [6.45, 7) is -0.458. The number of aryl methyl sites for hydroxylation is 1. The average Bonchev–Trinajstić information content (AvgIpc) is 2.65. The van der Waals surface area contributed by atoms with E-state index < -0.39 is 5.54 Å². The lowest BCUT2D eigenvalue weighted by atomic mass is 9.94. The second-order valence-corrected chi connectivity index (χ2v) is 5.74. The van der Waals surface area contributed by atoms with E-state index >= 15 is 0 Å². The van der Waals surface area contributed by atoms with Crippen molar-refractivity contribution < 1.29 is 10.2 Å². The molecule has 4 N–H and O–H groups in total. The molecule has 24 heavy (non-hydrogen) atoms. The molecule has 0 heterocycles. The Morgan fingerprint density at radius 2 is 1.33 bits per heavy atom. The molecule has 0 spiro atoms. The van der Waals surface area contributed by atoms with Gasteiger partial charge >= 0.3 is 0 Å². The van der Waals surface area contributed by atoms with Crippen LogP contribution in [0.5, 0.6) is 0 Å². The monoisotopic (exact) mass is 319 g/mol. The van der Waals surface area contributed by atoms with E-state index in [1.165, 1.54) is 0 Å². The zero-order chi connectivity index (χ0) is 17.3. The standard InChI is InChI=1S/C21H21NO2/c22-21(16-23,17-24)15-14-20-12-10-19(11-13-20)9-5-4-8-18-6-2-1-3-7-18/h1-3,6-7,10-13,23-24H,14-17,22H2. The van der Waals surface area contributed by atoms with E-state index in [0.717, 1.165) is 16.7 Å². The fourth-order valence-electron chi connectivity index (χ4n) is 2.08. The molecule has 0 saturated carbocycles. The van der Waals surface area contributed by atoms with Crippen LogP contribution in [0, 0.1) is 23.7 Å². The number of hydrogen-bond acceptors (Lipinski definition) is 3. The first-order chi connectivity index (χ1) is 11.6. The topological polar surface area (TPSA) is 66.5 Å². The lowest BCUT2D eigenvalue weighted by Crippen LogP contribution is -2.47. The minimum atomic E-state index is -0.925. The van der Waals surface area contributed by atoms with Gasteiger partial charge in [0.25, 0.3) is 0 Å². The van der Waals surface area contributed by atoms with Crippen LogP contribution in [0.4, 0.5) is 0 Å². The fourth-order valence-corrected chi connectivity index (χ4v) is 2.08. The van der Waals surface area contributed by atoms with Crippen LogP contribution >= 0.6 is 0 Å². The van der Waals surface area contributed by atoms with Gasteiger partial charge in [-0.1, -0.05) is 42.2 Å². The average molecular weight is 319 g/mol. The Kier molecular flexibility index (Phi) is 6.61. The molecule has 0 aliphatic carbocycles. The Hall–Kier alpha value is -2.56. The fraction of sp³-hybridized carbons (Fsp3) is 0.238. The second kappa shape index (κ2) is 8.91. The van der Waals surface area contributed by atoms with Gasteiger partial charge in [-0.25, -0.2) is 0 Å². The molecule has 0 fully saturated rings. The first-order valence-electron chi connectivity index (χ1n) is 7.82. The summed E-state index contributed by atoms with van der Waals surface area (Å²) in [5.74, 6) is 11.7. The van der Waals surface area contributed by atoms with Crippen LogP contribution in [0.25, 0.3) is 0 Å². The molecule has 2 aromatic carbocycles. The molecule has 0 unspecified atom stereocenters. The maximum atomic E-state index is 9.19. The molecule has 0 bridgehead atoms. The number of aliphatic hydroxyl groups excluding tert-OH is 2. The summed E-state index contributed by atoms with van der Waals surface area (Å²) in [5.41, 5.74) is 7.87. The minimum absolute atomic E-state index is 0.229. The van der Waals surface area contributed by atoms with Crippen LogP contribution in [0.3, 0.4) is 0 Å². The summed E-state index contributed by atoms with van der Waals surface area (Å²) in [5, 5.41) is 18.4. The molecule has 0 aromatic heterocycles. The van der Waals surface area contributed by atoms with Crippen LogP contribution in [-0.4, -0.2) is 29.0 Å². The zero-order valence-corrected chi connectivity index (χ0v) is 13.5. The smallest absolute Gasteiger partial charge is 0.0633 e. The summed E-state index contributed by atoms with van der Waals surface area (Å²) in [4.78, 5) is 0. The molecule has 0 aliphatic rings. The van der Waals surface area contributed by atoms with Crippen LogP contribution in [0.2, 0.25) is 0 Å². The second-order valence-electron chi connectivity index (χ2n) is 5.74. The maximum Gasteiger partial charge on any atom is 0.0633 e. The number of aliphatic hydroxyl groups is 2. The van der Waals surface area contributed by atoms with Crippen LogP contribution in [0.1, 0.15) is 23.1 Å². The Morgan fingerprint density at radius 3 is 1.88 bits per heavy atom. The Balaban J connectivity index is 1.94. The SMILES string of the molecule is NC(CO)(CO)CCc1ccc(C#CC#Cc2ccccc2)cc1. The number of nitrogens with two attached hydrogens (primary N) is 1. The number of rotatable bonds is 5. The first kappa shape index (κ1) is 17.8. The number of benzene rings is 2. The van der Waals surface area contributed by atoms with E-state index in [0.29, 0.717) is 12.8 Å². The van der Waals surface area contributed by atoms with E-state index in [2.05, 4.69) is 23.7 Å². The zero-order valence-electron chi connectivity index (χ0n) is 13.5. The minimum Gasteiger partial charge on any atom is -0.394 e. The largest absolute Gasteiger partial charge is 0.394 e. The highest BCUT2D eigenvalue weighted by Gasteiger charge is 2.22. The van der Waals surface area contributed by atoms with Crippen LogP contribution in [0.15, 0.2) is 54.6 Å². The molecular formula is C21H21NO2. The van der Waals surface area contributed by atoms with Gasteiger partial charge < -0.3 is 15.9 Å². The van der Waals surface area contributed by atoms with Crippen molar-refractivity contribution in [2.45, 2.75) is 18.4 Å².